The van der Waals surface area contributed by atoms with E-state index in [1.807, 2.05) is 11.4 Å². The molecule has 1 fully saturated rings. The normalized spacial score (nSPS) is 16.0. The van der Waals surface area contributed by atoms with Gasteiger partial charge in [-0.1, -0.05) is 6.07 Å². The summed E-state index contributed by atoms with van der Waals surface area (Å²) in [5.41, 5.74) is 0. The van der Waals surface area contributed by atoms with Crippen LogP contribution in [0.5, 0.6) is 0 Å². The molecule has 19 heavy (non-hydrogen) atoms. The van der Waals surface area contributed by atoms with Crippen molar-refractivity contribution in [1.29, 1.82) is 0 Å². The van der Waals surface area contributed by atoms with E-state index in [4.69, 9.17) is 0 Å². The van der Waals surface area contributed by atoms with E-state index in [2.05, 4.69) is 16.0 Å². The first kappa shape index (κ1) is 14.0. The molecule has 0 aliphatic carbocycles. The van der Waals surface area contributed by atoms with Crippen LogP contribution in [0.15, 0.2) is 17.5 Å². The van der Waals surface area contributed by atoms with Gasteiger partial charge in [0.15, 0.2) is 0 Å². The van der Waals surface area contributed by atoms with Crippen molar-refractivity contribution < 1.29 is 9.59 Å². The fourth-order valence-corrected chi connectivity index (χ4v) is 2.69. The molecule has 0 spiro atoms. The number of hydrogen-bond acceptors (Lipinski definition) is 4. The molecule has 2 rings (SSSR count). The van der Waals surface area contributed by atoms with Crippen molar-refractivity contribution in [3.63, 3.8) is 0 Å². The second-order valence-electron chi connectivity index (χ2n) is 4.57. The average Bonchev–Trinajstić information content (AvgIpc) is 2.93. The molecule has 5 nitrogen and oxygen atoms in total. The van der Waals surface area contributed by atoms with E-state index in [1.165, 1.54) is 11.3 Å². The summed E-state index contributed by atoms with van der Waals surface area (Å²) < 4.78 is 0. The minimum Gasteiger partial charge on any atom is -0.353 e. The van der Waals surface area contributed by atoms with Gasteiger partial charge in [0, 0.05) is 19.0 Å². The number of thiophene rings is 1. The van der Waals surface area contributed by atoms with E-state index in [-0.39, 0.29) is 17.9 Å². The monoisotopic (exact) mass is 281 g/mol. The molecule has 0 radical (unpaired) electrons. The lowest BCUT2D eigenvalue weighted by molar-refractivity contribution is -0.121. The molecule has 0 aromatic carbocycles. The maximum atomic E-state index is 11.7. The third-order valence-corrected chi connectivity index (χ3v) is 3.96. The molecule has 2 heterocycles. The average molecular weight is 281 g/mol. The highest BCUT2D eigenvalue weighted by atomic mass is 32.1. The summed E-state index contributed by atoms with van der Waals surface area (Å²) in [5, 5.41) is 10.9. The van der Waals surface area contributed by atoms with Gasteiger partial charge in [-0.2, -0.15) is 0 Å². The van der Waals surface area contributed by atoms with Gasteiger partial charge in [-0.05, 0) is 37.4 Å². The minimum atomic E-state index is -0.107. The van der Waals surface area contributed by atoms with Crippen LogP contribution < -0.4 is 16.0 Å². The molecule has 3 N–H and O–H groups in total. The molecule has 2 amide bonds. The highest BCUT2D eigenvalue weighted by Crippen LogP contribution is 2.07. The number of carbonyl (C=O) groups is 2. The Labute approximate surface area is 116 Å². The van der Waals surface area contributed by atoms with E-state index in [1.54, 1.807) is 6.07 Å². The number of piperidine rings is 1. The molecule has 0 bridgehead atoms. The number of nitrogens with one attached hydrogen (secondary N) is 3. The van der Waals surface area contributed by atoms with Crippen LogP contribution in [0.1, 0.15) is 28.9 Å². The summed E-state index contributed by atoms with van der Waals surface area (Å²) in [6.07, 6.45) is 2.29. The lowest BCUT2D eigenvalue weighted by atomic mass is 10.1. The fraction of sp³-hybridized carbons (Fsp3) is 0.538. The van der Waals surface area contributed by atoms with E-state index >= 15 is 0 Å². The first-order valence-corrected chi connectivity index (χ1v) is 7.45. The van der Waals surface area contributed by atoms with E-state index in [9.17, 15) is 9.59 Å². The topological polar surface area (TPSA) is 70.2 Å². The van der Waals surface area contributed by atoms with Crippen molar-refractivity contribution in [1.82, 2.24) is 16.0 Å². The number of carbonyl (C=O) groups excluding carboxylic acids is 2. The van der Waals surface area contributed by atoms with Gasteiger partial charge in [0.2, 0.25) is 5.91 Å². The lowest BCUT2D eigenvalue weighted by Crippen LogP contribution is -2.43. The summed E-state index contributed by atoms with van der Waals surface area (Å²) >= 11 is 1.40. The molecule has 104 valence electrons. The van der Waals surface area contributed by atoms with Crippen molar-refractivity contribution in [2.24, 2.45) is 0 Å². The minimum absolute atomic E-state index is 0.0124. The van der Waals surface area contributed by atoms with Gasteiger partial charge in [0.05, 0.1) is 4.88 Å². The summed E-state index contributed by atoms with van der Waals surface area (Å²) in [7, 11) is 0. The van der Waals surface area contributed by atoms with Crippen molar-refractivity contribution in [3.8, 4) is 0 Å². The van der Waals surface area contributed by atoms with Gasteiger partial charge < -0.3 is 16.0 Å². The number of amides is 2. The van der Waals surface area contributed by atoms with Crippen LogP contribution in [0, 0.1) is 0 Å². The van der Waals surface area contributed by atoms with Crippen LogP contribution in [-0.4, -0.2) is 37.5 Å². The Bertz CT molecular complexity index is 414. The summed E-state index contributed by atoms with van der Waals surface area (Å²) in [5.74, 6) is -0.0944. The Morgan fingerprint density at radius 1 is 1.37 bits per heavy atom. The first-order valence-electron chi connectivity index (χ1n) is 6.57. The third kappa shape index (κ3) is 4.65. The predicted octanol–water partition coefficient (Wildman–Crippen LogP) is 0.736. The quantitative estimate of drug-likeness (QED) is 0.745. The van der Waals surface area contributed by atoms with Gasteiger partial charge in [-0.3, -0.25) is 9.59 Å². The zero-order chi connectivity index (χ0) is 13.5. The van der Waals surface area contributed by atoms with E-state index < -0.39 is 0 Å². The highest BCUT2D eigenvalue weighted by molar-refractivity contribution is 7.12. The second-order valence-corrected chi connectivity index (χ2v) is 5.52. The summed E-state index contributed by atoms with van der Waals surface area (Å²) in [6.45, 7) is 2.30. The van der Waals surface area contributed by atoms with Gasteiger partial charge in [0.1, 0.15) is 0 Å². The van der Waals surface area contributed by atoms with Crippen LogP contribution in [0.2, 0.25) is 0 Å². The Hall–Kier alpha value is -1.40. The van der Waals surface area contributed by atoms with Gasteiger partial charge >= 0.3 is 0 Å². The Kier molecular flexibility index (Phi) is 5.35. The molecule has 1 aliphatic heterocycles. The molecule has 0 saturated carbocycles. The molecule has 0 unspecified atom stereocenters. The maximum absolute atomic E-state index is 11.7. The zero-order valence-electron chi connectivity index (χ0n) is 10.8. The molecule has 1 aliphatic rings. The molecule has 1 aromatic heterocycles. The third-order valence-electron chi connectivity index (χ3n) is 3.09. The standard InChI is InChI=1S/C13H19N3O2S/c17-12(16-10-3-6-14-7-4-10)5-8-15-13(18)11-2-1-9-19-11/h1-2,9-10,14H,3-8H2,(H,15,18)(H,16,17). The lowest BCUT2D eigenvalue weighted by Gasteiger charge is -2.23. The van der Waals surface area contributed by atoms with E-state index in [0.29, 0.717) is 17.8 Å². The molecule has 1 aromatic rings. The smallest absolute Gasteiger partial charge is 0.261 e. The highest BCUT2D eigenvalue weighted by Gasteiger charge is 2.15. The first-order chi connectivity index (χ1) is 9.25. The Balaban J connectivity index is 1.62. The molecule has 1 saturated heterocycles. The maximum Gasteiger partial charge on any atom is 0.261 e. The number of rotatable bonds is 5. The Morgan fingerprint density at radius 2 is 2.16 bits per heavy atom. The molecule has 0 atom stereocenters. The molecule has 6 heteroatoms. The van der Waals surface area contributed by atoms with Gasteiger partial charge in [0.25, 0.3) is 5.91 Å². The second kappa shape index (κ2) is 7.25. The SMILES string of the molecule is O=C(CCNC(=O)c1cccs1)NC1CCNCC1. The largest absolute Gasteiger partial charge is 0.353 e. The van der Waals surface area contributed by atoms with Crippen LogP contribution in [-0.2, 0) is 4.79 Å². The summed E-state index contributed by atoms with van der Waals surface area (Å²) in [4.78, 5) is 24.0. The van der Waals surface area contributed by atoms with Gasteiger partial charge in [-0.25, -0.2) is 0 Å². The van der Waals surface area contributed by atoms with Crippen LogP contribution in [0.25, 0.3) is 0 Å². The van der Waals surface area contributed by atoms with Crippen molar-refractivity contribution >= 4 is 23.2 Å². The van der Waals surface area contributed by atoms with Crippen LogP contribution in [0.3, 0.4) is 0 Å². The van der Waals surface area contributed by atoms with Crippen molar-refractivity contribution in [2.75, 3.05) is 19.6 Å². The van der Waals surface area contributed by atoms with Gasteiger partial charge in [-0.15, -0.1) is 11.3 Å². The van der Waals surface area contributed by atoms with Crippen molar-refractivity contribution in [2.45, 2.75) is 25.3 Å². The fourth-order valence-electron chi connectivity index (χ4n) is 2.05. The molecular formula is C13H19N3O2S. The predicted molar refractivity (Wildman–Crippen MR) is 75.3 cm³/mol. The summed E-state index contributed by atoms with van der Waals surface area (Å²) in [6, 6.07) is 3.89. The molecular weight excluding hydrogens is 262 g/mol. The van der Waals surface area contributed by atoms with E-state index in [0.717, 1.165) is 25.9 Å². The number of hydrogen-bond donors (Lipinski definition) is 3. The zero-order valence-corrected chi connectivity index (χ0v) is 11.6. The Morgan fingerprint density at radius 3 is 2.84 bits per heavy atom. The van der Waals surface area contributed by atoms with Crippen LogP contribution >= 0.6 is 11.3 Å². The van der Waals surface area contributed by atoms with Crippen LogP contribution in [0.4, 0.5) is 0 Å². The van der Waals surface area contributed by atoms with Crippen molar-refractivity contribution in [3.05, 3.63) is 22.4 Å².